The number of hydrogen-bond donors (Lipinski definition) is 2. The number of benzene rings is 1. The van der Waals surface area contributed by atoms with Crippen molar-refractivity contribution in [2.24, 2.45) is 0 Å². The number of thiophene rings is 1. The van der Waals surface area contributed by atoms with Crippen molar-refractivity contribution in [3.63, 3.8) is 0 Å². The van der Waals surface area contributed by atoms with Gasteiger partial charge in [-0.05, 0) is 23.6 Å². The van der Waals surface area contributed by atoms with Crippen LogP contribution in [0.2, 0.25) is 0 Å². The molecule has 0 aliphatic heterocycles. The zero-order chi connectivity index (χ0) is 17.6. The van der Waals surface area contributed by atoms with E-state index in [0.29, 0.717) is 17.4 Å². The number of nitrogens with one attached hydrogen (secondary N) is 2. The van der Waals surface area contributed by atoms with Crippen molar-refractivity contribution in [3.8, 4) is 0 Å². The predicted molar refractivity (Wildman–Crippen MR) is 102 cm³/mol. The van der Waals surface area contributed by atoms with Crippen molar-refractivity contribution < 1.29 is 4.79 Å². The van der Waals surface area contributed by atoms with Gasteiger partial charge in [-0.25, -0.2) is 4.79 Å². The molecule has 130 valence electrons. The van der Waals surface area contributed by atoms with Gasteiger partial charge in [0.25, 0.3) is 5.56 Å². The SMILES string of the molecule is O=C(Cn1c(=O)[nH]c(=O)c2ccccc21)NCCSCc1cccs1. The van der Waals surface area contributed by atoms with E-state index in [1.165, 1.54) is 9.44 Å². The van der Waals surface area contributed by atoms with Crippen LogP contribution < -0.4 is 16.6 Å². The van der Waals surface area contributed by atoms with Crippen LogP contribution in [-0.4, -0.2) is 27.8 Å². The third-order valence-electron chi connectivity index (χ3n) is 3.60. The Kier molecular flexibility index (Phi) is 5.72. The minimum absolute atomic E-state index is 0.119. The van der Waals surface area contributed by atoms with Crippen LogP contribution in [-0.2, 0) is 17.1 Å². The highest BCUT2D eigenvalue weighted by molar-refractivity contribution is 7.98. The van der Waals surface area contributed by atoms with Crippen LogP contribution in [0.5, 0.6) is 0 Å². The highest BCUT2D eigenvalue weighted by atomic mass is 32.2. The smallest absolute Gasteiger partial charge is 0.329 e. The van der Waals surface area contributed by atoms with Gasteiger partial charge in [0.2, 0.25) is 5.91 Å². The first-order valence-electron chi connectivity index (χ1n) is 7.74. The number of H-pyrrole nitrogens is 1. The summed E-state index contributed by atoms with van der Waals surface area (Å²) in [6.07, 6.45) is 0. The van der Waals surface area contributed by atoms with E-state index >= 15 is 0 Å². The van der Waals surface area contributed by atoms with Gasteiger partial charge in [0.15, 0.2) is 0 Å². The van der Waals surface area contributed by atoms with Crippen molar-refractivity contribution in [1.82, 2.24) is 14.9 Å². The van der Waals surface area contributed by atoms with Crippen LogP contribution in [0.3, 0.4) is 0 Å². The second-order valence-electron chi connectivity index (χ2n) is 5.34. The molecule has 1 aromatic carbocycles. The minimum Gasteiger partial charge on any atom is -0.354 e. The maximum Gasteiger partial charge on any atom is 0.329 e. The van der Waals surface area contributed by atoms with Crippen LogP contribution in [0.4, 0.5) is 0 Å². The molecule has 0 aliphatic carbocycles. The van der Waals surface area contributed by atoms with E-state index in [9.17, 15) is 14.4 Å². The van der Waals surface area contributed by atoms with E-state index in [0.717, 1.165) is 11.5 Å². The summed E-state index contributed by atoms with van der Waals surface area (Å²) in [6, 6.07) is 10.9. The molecular weight excluding hydrogens is 358 g/mol. The first-order valence-corrected chi connectivity index (χ1v) is 9.77. The molecule has 2 aromatic heterocycles. The van der Waals surface area contributed by atoms with Gasteiger partial charge in [-0.2, -0.15) is 11.8 Å². The van der Waals surface area contributed by atoms with Crippen LogP contribution in [0, 0.1) is 0 Å². The fourth-order valence-corrected chi connectivity index (χ4v) is 4.13. The number of thioether (sulfide) groups is 1. The van der Waals surface area contributed by atoms with Gasteiger partial charge in [0.1, 0.15) is 6.54 Å². The number of carbonyl (C=O) groups is 1. The molecule has 0 saturated heterocycles. The lowest BCUT2D eigenvalue weighted by Crippen LogP contribution is -2.37. The van der Waals surface area contributed by atoms with Gasteiger partial charge in [0, 0.05) is 22.9 Å². The van der Waals surface area contributed by atoms with Gasteiger partial charge < -0.3 is 5.32 Å². The van der Waals surface area contributed by atoms with Crippen LogP contribution in [0.25, 0.3) is 10.9 Å². The van der Waals surface area contributed by atoms with E-state index in [1.807, 2.05) is 11.4 Å². The van der Waals surface area contributed by atoms with Gasteiger partial charge in [-0.1, -0.05) is 18.2 Å². The average molecular weight is 375 g/mol. The van der Waals surface area contributed by atoms with Crippen molar-refractivity contribution in [2.75, 3.05) is 12.3 Å². The lowest BCUT2D eigenvalue weighted by molar-refractivity contribution is -0.121. The fourth-order valence-electron chi connectivity index (χ4n) is 2.43. The number of hydrogen-bond acceptors (Lipinski definition) is 5. The number of aromatic nitrogens is 2. The highest BCUT2D eigenvalue weighted by Gasteiger charge is 2.10. The predicted octanol–water partition coefficient (Wildman–Crippen LogP) is 1.80. The van der Waals surface area contributed by atoms with Crippen molar-refractivity contribution in [2.45, 2.75) is 12.3 Å². The summed E-state index contributed by atoms with van der Waals surface area (Å²) in [6.45, 7) is 0.413. The number of rotatable bonds is 7. The number of amides is 1. The Morgan fingerprint density at radius 3 is 2.84 bits per heavy atom. The Morgan fingerprint density at radius 2 is 2.04 bits per heavy atom. The molecule has 2 heterocycles. The molecule has 1 amide bonds. The number of aromatic amines is 1. The van der Waals surface area contributed by atoms with E-state index in [1.54, 1.807) is 47.4 Å². The maximum absolute atomic E-state index is 12.1. The maximum atomic E-state index is 12.1. The third kappa shape index (κ3) is 4.40. The highest BCUT2D eigenvalue weighted by Crippen LogP contribution is 2.16. The van der Waals surface area contributed by atoms with E-state index in [2.05, 4.69) is 16.4 Å². The number of fused-ring (bicyclic) bond motifs is 1. The largest absolute Gasteiger partial charge is 0.354 e. The van der Waals surface area contributed by atoms with Gasteiger partial charge in [0.05, 0.1) is 10.9 Å². The molecular formula is C17H17N3O3S2. The molecule has 3 rings (SSSR count). The molecule has 0 atom stereocenters. The summed E-state index contributed by atoms with van der Waals surface area (Å²) in [5.41, 5.74) is -0.563. The van der Waals surface area contributed by atoms with E-state index in [-0.39, 0.29) is 12.5 Å². The zero-order valence-corrected chi connectivity index (χ0v) is 15.0. The number of para-hydroxylation sites is 1. The molecule has 0 saturated carbocycles. The molecule has 2 N–H and O–H groups in total. The molecule has 3 aromatic rings. The fraction of sp³-hybridized carbons (Fsp3) is 0.235. The van der Waals surface area contributed by atoms with Crippen LogP contribution in [0.1, 0.15) is 4.88 Å². The molecule has 0 fully saturated rings. The Balaban J connectivity index is 1.57. The quantitative estimate of drug-likeness (QED) is 0.617. The molecule has 0 bridgehead atoms. The van der Waals surface area contributed by atoms with Crippen molar-refractivity contribution in [3.05, 3.63) is 67.5 Å². The summed E-state index contributed by atoms with van der Waals surface area (Å²) in [7, 11) is 0. The number of carbonyl (C=O) groups excluding carboxylic acids is 1. The summed E-state index contributed by atoms with van der Waals surface area (Å²) in [4.78, 5) is 39.5. The lowest BCUT2D eigenvalue weighted by Gasteiger charge is -2.09. The Bertz CT molecular complexity index is 977. The molecule has 0 unspecified atom stereocenters. The molecule has 6 nitrogen and oxygen atoms in total. The van der Waals surface area contributed by atoms with E-state index in [4.69, 9.17) is 0 Å². The first-order chi connectivity index (χ1) is 12.1. The zero-order valence-electron chi connectivity index (χ0n) is 13.4. The molecule has 0 spiro atoms. The molecule has 0 aliphatic rings. The lowest BCUT2D eigenvalue weighted by atomic mass is 10.2. The molecule has 25 heavy (non-hydrogen) atoms. The van der Waals surface area contributed by atoms with Crippen molar-refractivity contribution in [1.29, 1.82) is 0 Å². The monoisotopic (exact) mass is 375 g/mol. The Morgan fingerprint density at radius 1 is 1.20 bits per heavy atom. The minimum atomic E-state index is -0.578. The Labute approximate surface area is 151 Å². The summed E-state index contributed by atoms with van der Waals surface area (Å²) in [5, 5.41) is 5.25. The summed E-state index contributed by atoms with van der Waals surface area (Å²) < 4.78 is 1.28. The summed E-state index contributed by atoms with van der Waals surface area (Å²) in [5.74, 6) is 1.47. The topological polar surface area (TPSA) is 84.0 Å². The van der Waals surface area contributed by atoms with Crippen molar-refractivity contribution >= 4 is 39.9 Å². The third-order valence-corrected chi connectivity index (χ3v) is 5.67. The molecule has 0 radical (unpaired) electrons. The van der Waals surface area contributed by atoms with Crippen LogP contribution >= 0.6 is 23.1 Å². The summed E-state index contributed by atoms with van der Waals surface area (Å²) >= 11 is 3.46. The van der Waals surface area contributed by atoms with Gasteiger partial charge in [-0.15, -0.1) is 11.3 Å². The molecule has 8 heteroatoms. The van der Waals surface area contributed by atoms with E-state index < -0.39 is 11.2 Å². The first kappa shape index (κ1) is 17.5. The second-order valence-corrected chi connectivity index (χ2v) is 7.48. The Hall–Kier alpha value is -2.32. The van der Waals surface area contributed by atoms with Crippen LogP contribution in [0.15, 0.2) is 51.4 Å². The average Bonchev–Trinajstić information content (AvgIpc) is 3.12. The normalized spacial score (nSPS) is 10.9. The van der Waals surface area contributed by atoms with Gasteiger partial charge >= 0.3 is 5.69 Å². The standard InChI is InChI=1S/C17H17N3O3S2/c21-15(18-7-9-24-11-12-4-3-8-25-12)10-20-14-6-2-1-5-13(14)16(22)19-17(20)23/h1-6,8H,7,9-11H2,(H,18,21)(H,19,22,23). The number of nitrogens with zero attached hydrogens (tertiary/aromatic N) is 1. The van der Waals surface area contributed by atoms with Gasteiger partial charge in [-0.3, -0.25) is 19.1 Å². The second kappa shape index (κ2) is 8.17.